The van der Waals surface area contributed by atoms with Crippen molar-refractivity contribution in [2.45, 2.75) is 20.8 Å². The van der Waals surface area contributed by atoms with E-state index in [4.69, 9.17) is 0 Å². The summed E-state index contributed by atoms with van der Waals surface area (Å²) < 4.78 is 3.28. The van der Waals surface area contributed by atoms with Gasteiger partial charge in [0.2, 0.25) is 0 Å². The summed E-state index contributed by atoms with van der Waals surface area (Å²) in [5.41, 5.74) is 5.49. The van der Waals surface area contributed by atoms with Crippen molar-refractivity contribution in [1.29, 1.82) is 0 Å². The number of aryl methyl sites for hydroxylation is 2. The normalized spacial score (nSPS) is 13.9. The van der Waals surface area contributed by atoms with Gasteiger partial charge in [0.15, 0.2) is 0 Å². The van der Waals surface area contributed by atoms with Crippen LogP contribution in [0.15, 0.2) is 90.5 Å². The second-order valence-corrected chi connectivity index (χ2v) is 10.1. The summed E-state index contributed by atoms with van der Waals surface area (Å²) in [4.78, 5) is 42.9. The van der Waals surface area contributed by atoms with Crippen molar-refractivity contribution in [2.75, 3.05) is 9.80 Å². The molecular weight excluding hydrogens is 577 g/mol. The van der Waals surface area contributed by atoms with E-state index in [1.807, 2.05) is 19.9 Å². The Labute approximate surface area is 229 Å². The number of nitrogens with zero attached hydrogens (tertiary/aromatic N) is 3. The Morgan fingerprint density at radius 2 is 1.22 bits per heavy atom. The molecule has 4 aromatic rings. The van der Waals surface area contributed by atoms with Crippen molar-refractivity contribution < 1.29 is 14.4 Å². The van der Waals surface area contributed by atoms with E-state index in [1.54, 1.807) is 66.7 Å². The summed E-state index contributed by atoms with van der Waals surface area (Å²) in [5.74, 6) is -1.30. The van der Waals surface area contributed by atoms with Gasteiger partial charge in [0.25, 0.3) is 11.8 Å². The molecule has 184 valence electrons. The van der Waals surface area contributed by atoms with Gasteiger partial charge >= 0.3 is 6.03 Å². The van der Waals surface area contributed by atoms with Crippen molar-refractivity contribution in [3.05, 3.63) is 117 Å². The number of amides is 4. The van der Waals surface area contributed by atoms with E-state index >= 15 is 0 Å². The van der Waals surface area contributed by atoms with Crippen LogP contribution in [0.5, 0.6) is 0 Å². The topological polar surface area (TPSA) is 62.6 Å². The van der Waals surface area contributed by atoms with Crippen molar-refractivity contribution in [3.63, 3.8) is 0 Å². The summed E-state index contributed by atoms with van der Waals surface area (Å²) in [7, 11) is 0. The molecule has 0 atom stereocenters. The average molecular weight is 601 g/mol. The summed E-state index contributed by atoms with van der Waals surface area (Å²) >= 11 is 2.31. The maximum atomic E-state index is 13.7. The van der Waals surface area contributed by atoms with E-state index in [0.29, 0.717) is 11.4 Å². The van der Waals surface area contributed by atoms with Crippen LogP contribution in [0.4, 0.5) is 16.2 Å². The smallest absolute Gasteiger partial charge is 0.318 e. The van der Waals surface area contributed by atoms with Gasteiger partial charge in [-0.2, -0.15) is 0 Å². The predicted molar refractivity (Wildman–Crippen MR) is 154 cm³/mol. The van der Waals surface area contributed by atoms with E-state index in [2.05, 4.69) is 52.3 Å². The monoisotopic (exact) mass is 601 g/mol. The van der Waals surface area contributed by atoms with Gasteiger partial charge in [-0.05, 0) is 109 Å². The van der Waals surface area contributed by atoms with E-state index < -0.39 is 17.8 Å². The molecule has 7 heteroatoms. The van der Waals surface area contributed by atoms with Crippen LogP contribution in [-0.2, 0) is 9.59 Å². The highest BCUT2D eigenvalue weighted by Gasteiger charge is 2.43. The number of benzene rings is 3. The molecule has 1 fully saturated rings. The molecule has 0 spiro atoms. The highest BCUT2D eigenvalue weighted by atomic mass is 127. The maximum Gasteiger partial charge on any atom is 0.343 e. The first kappa shape index (κ1) is 24.7. The van der Waals surface area contributed by atoms with Crippen LogP contribution in [0.3, 0.4) is 0 Å². The lowest BCUT2D eigenvalue weighted by molar-refractivity contribution is -0.121. The number of hydrogen-bond acceptors (Lipinski definition) is 3. The molecule has 0 aliphatic carbocycles. The zero-order valence-corrected chi connectivity index (χ0v) is 22.8. The minimum absolute atomic E-state index is 0.0775. The van der Waals surface area contributed by atoms with Crippen LogP contribution in [0.25, 0.3) is 11.8 Å². The predicted octanol–water partition coefficient (Wildman–Crippen LogP) is 6.59. The lowest BCUT2D eigenvalue weighted by Gasteiger charge is -2.33. The number of aromatic nitrogens is 1. The van der Waals surface area contributed by atoms with Gasteiger partial charge in [0.05, 0.1) is 11.4 Å². The van der Waals surface area contributed by atoms with Crippen molar-refractivity contribution in [3.8, 4) is 5.69 Å². The molecular formula is C30H24IN3O3. The number of halogens is 1. The summed E-state index contributed by atoms with van der Waals surface area (Å²) in [6.45, 7) is 6.01. The number of carbonyl (C=O) groups excluding carboxylic acids is 3. The summed E-state index contributed by atoms with van der Waals surface area (Å²) in [6, 6.07) is 24.8. The largest absolute Gasteiger partial charge is 0.343 e. The molecule has 4 amide bonds. The van der Waals surface area contributed by atoms with Crippen LogP contribution >= 0.6 is 22.6 Å². The zero-order chi connectivity index (χ0) is 26.3. The first-order valence-electron chi connectivity index (χ1n) is 11.8. The molecule has 3 aromatic carbocycles. The Bertz CT molecular complexity index is 1510. The number of hydrogen-bond donors (Lipinski definition) is 0. The van der Waals surface area contributed by atoms with E-state index in [-0.39, 0.29) is 5.57 Å². The van der Waals surface area contributed by atoms with E-state index in [1.165, 1.54) is 9.13 Å². The number of barbiturate groups is 1. The quantitative estimate of drug-likeness (QED) is 0.151. The van der Waals surface area contributed by atoms with E-state index in [0.717, 1.165) is 32.4 Å². The number of imide groups is 2. The van der Waals surface area contributed by atoms with Gasteiger partial charge in [-0.15, -0.1) is 0 Å². The molecule has 0 unspecified atom stereocenters. The second-order valence-electron chi connectivity index (χ2n) is 8.89. The molecule has 5 rings (SSSR count). The third kappa shape index (κ3) is 4.40. The number of anilines is 2. The molecule has 0 saturated carbocycles. The second kappa shape index (κ2) is 9.82. The number of para-hydroxylation sites is 2. The minimum atomic E-state index is -0.704. The number of urea groups is 1. The van der Waals surface area contributed by atoms with Gasteiger partial charge < -0.3 is 4.57 Å². The van der Waals surface area contributed by atoms with E-state index in [9.17, 15) is 14.4 Å². The van der Waals surface area contributed by atoms with Crippen LogP contribution < -0.4 is 9.80 Å². The molecule has 2 heterocycles. The van der Waals surface area contributed by atoms with Crippen molar-refractivity contribution in [2.24, 2.45) is 0 Å². The lowest BCUT2D eigenvalue weighted by atomic mass is 10.0. The highest BCUT2D eigenvalue weighted by molar-refractivity contribution is 14.1. The lowest BCUT2D eigenvalue weighted by Crippen LogP contribution is -2.57. The maximum absolute atomic E-state index is 13.7. The number of carbonyl (C=O) groups is 3. The zero-order valence-electron chi connectivity index (χ0n) is 20.6. The molecule has 1 saturated heterocycles. The Balaban J connectivity index is 1.65. The fraction of sp³-hybridized carbons (Fsp3) is 0.100. The molecule has 1 aliphatic heterocycles. The Hall–Kier alpha value is -3.98. The fourth-order valence-electron chi connectivity index (χ4n) is 4.59. The average Bonchev–Trinajstić information content (AvgIpc) is 3.17. The van der Waals surface area contributed by atoms with Gasteiger partial charge in [-0.3, -0.25) is 9.59 Å². The number of rotatable bonds is 4. The SMILES string of the molecule is Cc1cc(-n2c(C)cc(C=C3C(=O)N(c4ccccc4)C(=O)N(c4ccccc4)C3=O)c2C)ccc1I. The Morgan fingerprint density at radius 3 is 1.73 bits per heavy atom. The molecule has 1 aromatic heterocycles. The molecule has 0 N–H and O–H groups in total. The third-order valence-electron chi connectivity index (χ3n) is 6.45. The van der Waals surface area contributed by atoms with Gasteiger partial charge in [0.1, 0.15) is 5.57 Å². The summed E-state index contributed by atoms with van der Waals surface area (Å²) in [6.07, 6.45) is 1.60. The first-order valence-corrected chi connectivity index (χ1v) is 12.9. The van der Waals surface area contributed by atoms with Gasteiger partial charge in [-0.25, -0.2) is 14.6 Å². The van der Waals surface area contributed by atoms with Crippen LogP contribution in [0.2, 0.25) is 0 Å². The van der Waals surface area contributed by atoms with Crippen LogP contribution in [0, 0.1) is 24.3 Å². The Kier molecular flexibility index (Phi) is 6.55. The van der Waals surface area contributed by atoms with Crippen molar-refractivity contribution in [1.82, 2.24) is 4.57 Å². The van der Waals surface area contributed by atoms with Gasteiger partial charge in [-0.1, -0.05) is 36.4 Å². The molecule has 0 bridgehead atoms. The minimum Gasteiger partial charge on any atom is -0.318 e. The highest BCUT2D eigenvalue weighted by Crippen LogP contribution is 2.31. The molecule has 1 aliphatic rings. The Morgan fingerprint density at radius 1 is 0.676 bits per heavy atom. The van der Waals surface area contributed by atoms with Crippen molar-refractivity contribution >= 4 is 57.9 Å². The molecule has 6 nitrogen and oxygen atoms in total. The first-order chi connectivity index (χ1) is 17.8. The molecule has 0 radical (unpaired) electrons. The van der Waals surface area contributed by atoms with Crippen LogP contribution in [0.1, 0.15) is 22.5 Å². The summed E-state index contributed by atoms with van der Waals surface area (Å²) in [5, 5.41) is 0. The third-order valence-corrected chi connectivity index (χ3v) is 7.66. The molecule has 37 heavy (non-hydrogen) atoms. The van der Waals surface area contributed by atoms with Crippen LogP contribution in [-0.4, -0.2) is 22.4 Å². The standard InChI is InChI=1S/C30H24IN3O3/c1-19-16-25(14-15-27(19)31)32-20(2)17-22(21(32)3)18-26-28(35)33(23-10-6-4-7-11-23)30(37)34(29(26)36)24-12-8-5-9-13-24/h4-18H,1-3H3. The fourth-order valence-corrected chi connectivity index (χ4v) is 4.93. The van der Waals surface area contributed by atoms with Gasteiger partial charge in [0, 0.05) is 20.6 Å².